The Labute approximate surface area is 184 Å². The first-order valence-corrected chi connectivity index (χ1v) is 11.8. The predicted octanol–water partition coefficient (Wildman–Crippen LogP) is 4.44. The third-order valence-electron chi connectivity index (χ3n) is 5.59. The molecule has 4 rings (SSSR count). The van der Waals surface area contributed by atoms with Crippen molar-refractivity contribution in [1.82, 2.24) is 9.97 Å². The molecule has 0 saturated heterocycles. The monoisotopic (exact) mass is 457 g/mol. The van der Waals surface area contributed by atoms with Crippen molar-refractivity contribution in [2.75, 3.05) is 5.32 Å². The molecule has 0 radical (unpaired) electrons. The Balaban J connectivity index is 1.60. The number of pyridine rings is 2. The standard InChI is InChI=1S/C23H21F2N3O3S/c1-14-18(13-32(30,31)21-6-5-19(24)11-20(21)25)9-17(12-27-14)16-7-8-26-22(10-16)28-23(29)15-3-2-4-15/h5-12,15H,2-4,13H2,1H3,(H,26,28,29). The summed E-state index contributed by atoms with van der Waals surface area (Å²) in [6.07, 6.45) is 5.94. The highest BCUT2D eigenvalue weighted by molar-refractivity contribution is 7.90. The molecule has 1 fully saturated rings. The summed E-state index contributed by atoms with van der Waals surface area (Å²) < 4.78 is 52.7. The predicted molar refractivity (Wildman–Crippen MR) is 115 cm³/mol. The number of rotatable bonds is 6. The molecule has 0 unspecified atom stereocenters. The van der Waals surface area contributed by atoms with E-state index in [1.807, 2.05) is 0 Å². The number of amides is 1. The van der Waals surface area contributed by atoms with Gasteiger partial charge in [0.05, 0.1) is 5.75 Å². The minimum Gasteiger partial charge on any atom is -0.310 e. The van der Waals surface area contributed by atoms with Crippen LogP contribution < -0.4 is 5.32 Å². The highest BCUT2D eigenvalue weighted by Gasteiger charge is 2.25. The molecule has 0 bridgehead atoms. The number of anilines is 1. The Morgan fingerprint density at radius 3 is 2.56 bits per heavy atom. The minimum absolute atomic E-state index is 0.0187. The summed E-state index contributed by atoms with van der Waals surface area (Å²) in [4.78, 5) is 20.1. The third kappa shape index (κ3) is 4.67. The fourth-order valence-corrected chi connectivity index (χ4v) is 4.96. The Morgan fingerprint density at radius 2 is 1.88 bits per heavy atom. The maximum Gasteiger partial charge on any atom is 0.228 e. The zero-order valence-corrected chi connectivity index (χ0v) is 18.1. The molecule has 32 heavy (non-hydrogen) atoms. The van der Waals surface area contributed by atoms with Gasteiger partial charge < -0.3 is 5.32 Å². The second-order valence-electron chi connectivity index (χ2n) is 7.85. The van der Waals surface area contributed by atoms with Crippen LogP contribution in [-0.4, -0.2) is 24.3 Å². The molecule has 0 aliphatic heterocycles. The Hall–Kier alpha value is -3.20. The minimum atomic E-state index is -4.06. The van der Waals surface area contributed by atoms with Gasteiger partial charge in [-0.2, -0.15) is 0 Å². The lowest BCUT2D eigenvalue weighted by molar-refractivity contribution is -0.122. The van der Waals surface area contributed by atoms with Crippen LogP contribution in [0.15, 0.2) is 53.7 Å². The normalized spacial score (nSPS) is 14.1. The van der Waals surface area contributed by atoms with E-state index in [2.05, 4.69) is 15.3 Å². The fraction of sp³-hybridized carbons (Fsp3) is 0.261. The maximum absolute atomic E-state index is 14.1. The van der Waals surface area contributed by atoms with Gasteiger partial charge in [-0.25, -0.2) is 22.2 Å². The smallest absolute Gasteiger partial charge is 0.228 e. The molecule has 2 heterocycles. The lowest BCUT2D eigenvalue weighted by Gasteiger charge is -2.23. The molecular formula is C23H21F2N3O3S. The second kappa shape index (κ2) is 8.74. The molecule has 1 aliphatic rings. The molecule has 1 aromatic carbocycles. The van der Waals surface area contributed by atoms with Crippen LogP contribution in [0.2, 0.25) is 0 Å². The summed E-state index contributed by atoms with van der Waals surface area (Å²) in [5.74, 6) is -2.10. The van der Waals surface area contributed by atoms with Gasteiger partial charge in [-0.05, 0) is 61.2 Å². The number of nitrogens with one attached hydrogen (secondary N) is 1. The van der Waals surface area contributed by atoms with Gasteiger partial charge in [0.2, 0.25) is 5.91 Å². The highest BCUT2D eigenvalue weighted by atomic mass is 32.2. The van der Waals surface area contributed by atoms with Crippen molar-refractivity contribution in [3.63, 3.8) is 0 Å². The second-order valence-corrected chi connectivity index (χ2v) is 9.81. The van der Waals surface area contributed by atoms with E-state index >= 15 is 0 Å². The first-order valence-electron chi connectivity index (χ1n) is 10.1. The largest absolute Gasteiger partial charge is 0.310 e. The van der Waals surface area contributed by atoms with Crippen LogP contribution in [0.4, 0.5) is 14.6 Å². The van der Waals surface area contributed by atoms with Gasteiger partial charge in [-0.15, -0.1) is 0 Å². The summed E-state index contributed by atoms with van der Waals surface area (Å²) in [5.41, 5.74) is 2.19. The first-order chi connectivity index (χ1) is 15.2. The summed E-state index contributed by atoms with van der Waals surface area (Å²) in [7, 11) is -4.06. The van der Waals surface area contributed by atoms with Crippen LogP contribution >= 0.6 is 0 Å². The summed E-state index contributed by atoms with van der Waals surface area (Å²) in [6.45, 7) is 1.66. The molecule has 0 spiro atoms. The molecule has 1 aliphatic carbocycles. The van der Waals surface area contributed by atoms with Gasteiger partial charge in [-0.3, -0.25) is 9.78 Å². The number of sulfone groups is 1. The van der Waals surface area contributed by atoms with Gasteiger partial charge in [0.1, 0.15) is 22.3 Å². The molecule has 9 heteroatoms. The number of aromatic nitrogens is 2. The van der Waals surface area contributed by atoms with Crippen molar-refractivity contribution in [3.8, 4) is 11.1 Å². The van der Waals surface area contributed by atoms with E-state index in [0.717, 1.165) is 31.4 Å². The molecule has 1 saturated carbocycles. The van der Waals surface area contributed by atoms with Crippen molar-refractivity contribution >= 4 is 21.6 Å². The number of halogens is 2. The highest BCUT2D eigenvalue weighted by Crippen LogP contribution is 2.29. The summed E-state index contributed by atoms with van der Waals surface area (Å²) in [6, 6.07) is 7.46. The molecule has 2 aromatic heterocycles. The van der Waals surface area contributed by atoms with Gasteiger partial charge in [-0.1, -0.05) is 6.42 Å². The van der Waals surface area contributed by atoms with E-state index in [4.69, 9.17) is 0 Å². The average Bonchev–Trinajstić information content (AvgIpc) is 2.68. The molecular weight excluding hydrogens is 436 g/mol. The van der Waals surface area contributed by atoms with Crippen LogP contribution in [0.3, 0.4) is 0 Å². The number of benzene rings is 1. The number of nitrogens with zero attached hydrogens (tertiary/aromatic N) is 2. The van der Waals surface area contributed by atoms with E-state index in [9.17, 15) is 22.0 Å². The van der Waals surface area contributed by atoms with Crippen LogP contribution in [-0.2, 0) is 20.4 Å². The van der Waals surface area contributed by atoms with Crippen LogP contribution in [0.1, 0.15) is 30.5 Å². The van der Waals surface area contributed by atoms with Gasteiger partial charge in [0, 0.05) is 35.6 Å². The fourth-order valence-electron chi connectivity index (χ4n) is 3.47. The van der Waals surface area contributed by atoms with E-state index in [-0.39, 0.29) is 11.8 Å². The van der Waals surface area contributed by atoms with Crippen LogP contribution in [0.5, 0.6) is 0 Å². The Morgan fingerprint density at radius 1 is 1.09 bits per heavy atom. The molecule has 0 atom stereocenters. The molecule has 1 N–H and O–H groups in total. The molecule has 3 aromatic rings. The average molecular weight is 458 g/mol. The SMILES string of the molecule is Cc1ncc(-c2ccnc(NC(=O)C3CCC3)c2)cc1CS(=O)(=O)c1ccc(F)cc1F. The zero-order valence-electron chi connectivity index (χ0n) is 17.3. The Kier molecular flexibility index (Phi) is 6.01. The van der Waals surface area contributed by atoms with Crippen LogP contribution in [0.25, 0.3) is 11.1 Å². The van der Waals surface area contributed by atoms with Crippen molar-refractivity contribution in [2.45, 2.75) is 36.8 Å². The van der Waals surface area contributed by atoms with Crippen molar-refractivity contribution in [3.05, 3.63) is 71.7 Å². The van der Waals surface area contributed by atoms with E-state index in [0.29, 0.717) is 34.3 Å². The number of hydrogen-bond acceptors (Lipinski definition) is 5. The van der Waals surface area contributed by atoms with Gasteiger partial charge in [0.25, 0.3) is 0 Å². The first kappa shape index (κ1) is 22.0. The molecule has 166 valence electrons. The zero-order chi connectivity index (χ0) is 22.9. The molecule has 1 amide bonds. The topological polar surface area (TPSA) is 89.0 Å². The maximum atomic E-state index is 14.1. The quantitative estimate of drug-likeness (QED) is 0.553. The van der Waals surface area contributed by atoms with Crippen molar-refractivity contribution in [2.24, 2.45) is 5.92 Å². The van der Waals surface area contributed by atoms with E-state index in [1.165, 1.54) is 0 Å². The lowest BCUT2D eigenvalue weighted by Crippen LogP contribution is -2.28. The summed E-state index contributed by atoms with van der Waals surface area (Å²) in [5, 5.41) is 2.81. The molecule has 6 nitrogen and oxygen atoms in total. The van der Waals surface area contributed by atoms with Crippen molar-refractivity contribution in [1.29, 1.82) is 0 Å². The van der Waals surface area contributed by atoms with Gasteiger partial charge >= 0.3 is 0 Å². The third-order valence-corrected chi connectivity index (χ3v) is 7.28. The van der Waals surface area contributed by atoms with Crippen molar-refractivity contribution < 1.29 is 22.0 Å². The number of hydrogen-bond donors (Lipinski definition) is 1. The summed E-state index contributed by atoms with van der Waals surface area (Å²) >= 11 is 0. The lowest BCUT2D eigenvalue weighted by atomic mass is 9.85. The number of carbonyl (C=O) groups excluding carboxylic acids is 1. The van der Waals surface area contributed by atoms with Crippen LogP contribution in [0, 0.1) is 24.5 Å². The van der Waals surface area contributed by atoms with Gasteiger partial charge in [0.15, 0.2) is 9.84 Å². The van der Waals surface area contributed by atoms with E-state index in [1.54, 1.807) is 37.5 Å². The number of aryl methyl sites for hydroxylation is 1. The Bertz CT molecular complexity index is 1290. The van der Waals surface area contributed by atoms with E-state index < -0.39 is 32.1 Å². The number of carbonyl (C=O) groups is 1.